The SMILES string of the molecule is C=CC[C@@H]1CCCC[C@H]1O.C=CC[C@H]1CCCC[C@@H]1O. The summed E-state index contributed by atoms with van der Waals surface area (Å²) in [5, 5.41) is 18.9. The summed E-state index contributed by atoms with van der Waals surface area (Å²) in [6.45, 7) is 7.36. The van der Waals surface area contributed by atoms with Crippen LogP contribution in [-0.2, 0) is 0 Å². The average Bonchev–Trinajstić information content (AvgIpc) is 2.45. The summed E-state index contributed by atoms with van der Waals surface area (Å²) in [6.07, 6.45) is 15.1. The third kappa shape index (κ3) is 6.23. The highest BCUT2D eigenvalue weighted by molar-refractivity contribution is 4.81. The topological polar surface area (TPSA) is 40.5 Å². The first kappa shape index (κ1) is 17.5. The van der Waals surface area contributed by atoms with Gasteiger partial charge in [-0.05, 0) is 50.4 Å². The molecule has 2 nitrogen and oxygen atoms in total. The van der Waals surface area contributed by atoms with E-state index in [0.29, 0.717) is 11.8 Å². The van der Waals surface area contributed by atoms with Crippen molar-refractivity contribution in [2.45, 2.75) is 76.4 Å². The van der Waals surface area contributed by atoms with Crippen molar-refractivity contribution in [2.24, 2.45) is 11.8 Å². The summed E-state index contributed by atoms with van der Waals surface area (Å²) in [4.78, 5) is 0. The summed E-state index contributed by atoms with van der Waals surface area (Å²) in [6, 6.07) is 0. The van der Waals surface area contributed by atoms with E-state index in [2.05, 4.69) is 13.2 Å². The fourth-order valence-electron chi connectivity index (χ4n) is 3.35. The van der Waals surface area contributed by atoms with Gasteiger partial charge in [-0.3, -0.25) is 0 Å². The number of hydrogen-bond acceptors (Lipinski definition) is 2. The van der Waals surface area contributed by atoms with Crippen molar-refractivity contribution >= 4 is 0 Å². The lowest BCUT2D eigenvalue weighted by molar-refractivity contribution is 0.0712. The Morgan fingerprint density at radius 2 is 1.05 bits per heavy atom. The van der Waals surface area contributed by atoms with Crippen LogP contribution in [0.1, 0.15) is 64.2 Å². The Kier molecular flexibility index (Phi) is 8.88. The van der Waals surface area contributed by atoms with Crippen LogP contribution in [0.3, 0.4) is 0 Å². The zero-order chi connectivity index (χ0) is 14.8. The smallest absolute Gasteiger partial charge is 0.0571 e. The van der Waals surface area contributed by atoms with E-state index in [1.165, 1.54) is 38.5 Å². The molecule has 0 aromatic heterocycles. The average molecular weight is 280 g/mol. The molecule has 0 saturated heterocycles. The lowest BCUT2D eigenvalue weighted by Gasteiger charge is -2.26. The molecule has 0 spiro atoms. The molecule has 0 bridgehead atoms. The van der Waals surface area contributed by atoms with Crippen molar-refractivity contribution in [1.29, 1.82) is 0 Å². The molecule has 0 amide bonds. The lowest BCUT2D eigenvalue weighted by atomic mass is 9.84. The number of aliphatic hydroxyl groups is 2. The van der Waals surface area contributed by atoms with Crippen LogP contribution in [-0.4, -0.2) is 22.4 Å². The van der Waals surface area contributed by atoms with Gasteiger partial charge >= 0.3 is 0 Å². The minimum absolute atomic E-state index is 0.0493. The molecule has 2 rings (SSSR count). The van der Waals surface area contributed by atoms with E-state index >= 15 is 0 Å². The largest absolute Gasteiger partial charge is 0.393 e. The van der Waals surface area contributed by atoms with E-state index in [4.69, 9.17) is 0 Å². The first-order valence-electron chi connectivity index (χ1n) is 8.27. The second kappa shape index (κ2) is 10.2. The molecule has 0 heterocycles. The summed E-state index contributed by atoms with van der Waals surface area (Å²) in [7, 11) is 0. The quantitative estimate of drug-likeness (QED) is 0.757. The van der Waals surface area contributed by atoms with Crippen LogP contribution >= 0.6 is 0 Å². The number of hydrogen-bond donors (Lipinski definition) is 2. The molecule has 4 atom stereocenters. The maximum Gasteiger partial charge on any atom is 0.0571 e. The van der Waals surface area contributed by atoms with Crippen molar-refractivity contribution in [1.82, 2.24) is 0 Å². The second-order valence-corrected chi connectivity index (χ2v) is 6.27. The van der Waals surface area contributed by atoms with Gasteiger partial charge in [0.1, 0.15) is 0 Å². The van der Waals surface area contributed by atoms with Gasteiger partial charge < -0.3 is 10.2 Å². The van der Waals surface area contributed by atoms with Crippen LogP contribution in [0.25, 0.3) is 0 Å². The van der Waals surface area contributed by atoms with Gasteiger partial charge in [0.2, 0.25) is 0 Å². The molecule has 0 unspecified atom stereocenters. The highest BCUT2D eigenvalue weighted by Gasteiger charge is 2.21. The maximum atomic E-state index is 9.45. The predicted molar refractivity (Wildman–Crippen MR) is 85.6 cm³/mol. The van der Waals surface area contributed by atoms with E-state index in [-0.39, 0.29) is 12.2 Å². The molecule has 0 aromatic rings. The molecule has 2 fully saturated rings. The standard InChI is InChI=1S/2C9H16O/c2*1-2-5-8-6-3-4-7-9(8)10/h2*2,8-10H,1,3-7H2/t2*8-,9-/m10/s1. The Morgan fingerprint density at radius 1 is 0.700 bits per heavy atom. The fourth-order valence-corrected chi connectivity index (χ4v) is 3.35. The van der Waals surface area contributed by atoms with E-state index in [1.54, 1.807) is 0 Å². The molecule has 116 valence electrons. The van der Waals surface area contributed by atoms with Crippen LogP contribution in [0.2, 0.25) is 0 Å². The minimum atomic E-state index is -0.0493. The van der Waals surface area contributed by atoms with Crippen molar-refractivity contribution in [3.05, 3.63) is 25.3 Å². The molecule has 2 aliphatic rings. The van der Waals surface area contributed by atoms with E-state index in [0.717, 1.165) is 25.7 Å². The Bertz CT molecular complexity index is 247. The summed E-state index contributed by atoms with van der Waals surface area (Å²) in [5.74, 6) is 1.01. The normalized spacial score (nSPS) is 33.7. The molecule has 0 aromatic carbocycles. The second-order valence-electron chi connectivity index (χ2n) is 6.27. The molecule has 2 N–H and O–H groups in total. The van der Waals surface area contributed by atoms with Gasteiger partial charge in [-0.2, -0.15) is 0 Å². The zero-order valence-electron chi connectivity index (χ0n) is 12.8. The molecular weight excluding hydrogens is 248 g/mol. The van der Waals surface area contributed by atoms with Gasteiger partial charge in [0, 0.05) is 0 Å². The first-order valence-corrected chi connectivity index (χ1v) is 8.27. The number of allylic oxidation sites excluding steroid dienone is 2. The summed E-state index contributed by atoms with van der Waals surface area (Å²) >= 11 is 0. The van der Waals surface area contributed by atoms with Crippen LogP contribution in [0, 0.1) is 11.8 Å². The van der Waals surface area contributed by atoms with Gasteiger partial charge in [0.25, 0.3) is 0 Å². The molecule has 2 heteroatoms. The molecule has 2 saturated carbocycles. The van der Waals surface area contributed by atoms with Crippen molar-refractivity contribution in [2.75, 3.05) is 0 Å². The van der Waals surface area contributed by atoms with Crippen LogP contribution in [0.4, 0.5) is 0 Å². The third-order valence-corrected chi connectivity index (χ3v) is 4.68. The number of rotatable bonds is 4. The number of aliphatic hydroxyl groups excluding tert-OH is 2. The molecule has 0 radical (unpaired) electrons. The van der Waals surface area contributed by atoms with E-state index in [1.807, 2.05) is 12.2 Å². The highest BCUT2D eigenvalue weighted by Crippen LogP contribution is 2.27. The molecule has 2 aliphatic carbocycles. The summed E-state index contributed by atoms with van der Waals surface area (Å²) in [5.41, 5.74) is 0. The van der Waals surface area contributed by atoms with Crippen LogP contribution < -0.4 is 0 Å². The lowest BCUT2D eigenvalue weighted by Crippen LogP contribution is -2.23. The maximum absolute atomic E-state index is 9.45. The Morgan fingerprint density at radius 3 is 1.35 bits per heavy atom. The van der Waals surface area contributed by atoms with Crippen molar-refractivity contribution in [3.8, 4) is 0 Å². The van der Waals surface area contributed by atoms with Crippen molar-refractivity contribution < 1.29 is 10.2 Å². The van der Waals surface area contributed by atoms with Gasteiger partial charge in [0.15, 0.2) is 0 Å². The third-order valence-electron chi connectivity index (χ3n) is 4.68. The monoisotopic (exact) mass is 280 g/mol. The highest BCUT2D eigenvalue weighted by atomic mass is 16.3. The van der Waals surface area contributed by atoms with Gasteiger partial charge in [-0.1, -0.05) is 37.8 Å². The van der Waals surface area contributed by atoms with Gasteiger partial charge in [-0.25, -0.2) is 0 Å². The zero-order valence-corrected chi connectivity index (χ0v) is 12.8. The minimum Gasteiger partial charge on any atom is -0.393 e. The van der Waals surface area contributed by atoms with Gasteiger partial charge in [0.05, 0.1) is 12.2 Å². The van der Waals surface area contributed by atoms with Crippen LogP contribution in [0.15, 0.2) is 25.3 Å². The summed E-state index contributed by atoms with van der Waals surface area (Å²) < 4.78 is 0. The molecular formula is C18H32O2. The Hall–Kier alpha value is -0.600. The Balaban J connectivity index is 0.000000200. The van der Waals surface area contributed by atoms with Crippen LogP contribution in [0.5, 0.6) is 0 Å². The van der Waals surface area contributed by atoms with E-state index < -0.39 is 0 Å². The predicted octanol–water partition coefficient (Wildman–Crippen LogP) is 4.23. The molecule has 0 aliphatic heterocycles. The van der Waals surface area contributed by atoms with Gasteiger partial charge in [-0.15, -0.1) is 13.2 Å². The molecule has 20 heavy (non-hydrogen) atoms. The fraction of sp³-hybridized carbons (Fsp3) is 0.778. The Labute approximate surface area is 124 Å². The first-order chi connectivity index (χ1) is 9.69. The van der Waals surface area contributed by atoms with E-state index in [9.17, 15) is 10.2 Å². The van der Waals surface area contributed by atoms with Crippen molar-refractivity contribution in [3.63, 3.8) is 0 Å².